The van der Waals surface area contributed by atoms with Gasteiger partial charge >= 0.3 is 0 Å². The Bertz CT molecular complexity index is 1250. The Morgan fingerprint density at radius 2 is 1.57 bits per heavy atom. The van der Waals surface area contributed by atoms with E-state index < -0.39 is 17.7 Å². The summed E-state index contributed by atoms with van der Waals surface area (Å²) in [5.41, 5.74) is 1.90. The molecule has 1 fully saturated rings. The van der Waals surface area contributed by atoms with E-state index in [9.17, 15) is 14.7 Å². The Balaban J connectivity index is 1.88. The van der Waals surface area contributed by atoms with Crippen LogP contribution in [0.1, 0.15) is 36.6 Å². The second kappa shape index (κ2) is 10.7. The van der Waals surface area contributed by atoms with Gasteiger partial charge < -0.3 is 19.5 Å². The van der Waals surface area contributed by atoms with E-state index in [1.807, 2.05) is 44.2 Å². The van der Waals surface area contributed by atoms with Crippen LogP contribution in [0, 0.1) is 0 Å². The fraction of sp³-hybridized carbons (Fsp3) is 0.214. The third kappa shape index (κ3) is 5.03. The molecular formula is C28H26ClNO5. The lowest BCUT2D eigenvalue weighted by Gasteiger charge is -2.26. The summed E-state index contributed by atoms with van der Waals surface area (Å²) in [7, 11) is 0. The molecule has 180 valence electrons. The molecule has 1 aliphatic heterocycles. The number of ether oxygens (including phenoxy) is 2. The van der Waals surface area contributed by atoms with Gasteiger partial charge in [0.25, 0.3) is 11.7 Å². The molecule has 3 aromatic rings. The first-order valence-corrected chi connectivity index (χ1v) is 11.8. The zero-order valence-corrected chi connectivity index (χ0v) is 20.3. The average Bonchev–Trinajstić information content (AvgIpc) is 3.11. The highest BCUT2D eigenvalue weighted by Crippen LogP contribution is 2.42. The van der Waals surface area contributed by atoms with Crippen molar-refractivity contribution in [2.75, 3.05) is 13.2 Å². The topological polar surface area (TPSA) is 76.1 Å². The number of likely N-dealkylation sites (tertiary alicyclic amines) is 1. The summed E-state index contributed by atoms with van der Waals surface area (Å²) in [6, 6.07) is 20.4. The van der Waals surface area contributed by atoms with Gasteiger partial charge in [-0.05, 0) is 61.4 Å². The average molecular weight is 492 g/mol. The van der Waals surface area contributed by atoms with E-state index in [-0.39, 0.29) is 17.9 Å². The van der Waals surface area contributed by atoms with Gasteiger partial charge in [-0.1, -0.05) is 48.0 Å². The van der Waals surface area contributed by atoms with E-state index >= 15 is 0 Å². The van der Waals surface area contributed by atoms with Crippen LogP contribution >= 0.6 is 11.6 Å². The Labute approximate surface area is 209 Å². The maximum Gasteiger partial charge on any atom is 0.295 e. The number of nitrogens with zero attached hydrogens (tertiary/aromatic N) is 1. The molecule has 3 aromatic carbocycles. The van der Waals surface area contributed by atoms with Crippen LogP contribution in [0.2, 0.25) is 5.02 Å². The highest BCUT2D eigenvalue weighted by atomic mass is 35.5. The second-order valence-electron chi connectivity index (χ2n) is 7.99. The van der Waals surface area contributed by atoms with Crippen LogP contribution < -0.4 is 9.47 Å². The Morgan fingerprint density at radius 3 is 2.23 bits per heavy atom. The molecule has 1 amide bonds. The third-order valence-corrected chi connectivity index (χ3v) is 5.99. The molecule has 0 aliphatic carbocycles. The number of Topliss-reactive ketones (excluding diaryl/α,β-unsaturated/α-hetero) is 1. The molecule has 1 heterocycles. The summed E-state index contributed by atoms with van der Waals surface area (Å²) < 4.78 is 11.5. The van der Waals surface area contributed by atoms with E-state index in [1.165, 1.54) is 4.90 Å². The molecule has 0 radical (unpaired) electrons. The van der Waals surface area contributed by atoms with Crippen LogP contribution in [0.25, 0.3) is 5.76 Å². The molecule has 0 bridgehead atoms. The molecule has 1 atom stereocenters. The fourth-order valence-electron chi connectivity index (χ4n) is 4.17. The first-order valence-electron chi connectivity index (χ1n) is 11.4. The molecule has 1 aliphatic rings. The lowest BCUT2D eigenvalue weighted by molar-refractivity contribution is -0.140. The van der Waals surface area contributed by atoms with Crippen LogP contribution in [0.5, 0.6) is 11.5 Å². The van der Waals surface area contributed by atoms with E-state index in [0.717, 1.165) is 5.56 Å². The summed E-state index contributed by atoms with van der Waals surface area (Å²) in [5, 5.41) is 11.7. The maximum absolute atomic E-state index is 13.3. The molecule has 1 N–H and O–H groups in total. The second-order valence-corrected chi connectivity index (χ2v) is 8.43. The van der Waals surface area contributed by atoms with Crippen molar-refractivity contribution in [2.45, 2.75) is 26.4 Å². The summed E-state index contributed by atoms with van der Waals surface area (Å²) in [4.78, 5) is 28.0. The van der Waals surface area contributed by atoms with Gasteiger partial charge in [0.05, 0.1) is 24.8 Å². The first-order chi connectivity index (χ1) is 16.9. The number of halogens is 1. The van der Waals surface area contributed by atoms with Gasteiger partial charge in [0.2, 0.25) is 0 Å². The van der Waals surface area contributed by atoms with Gasteiger partial charge in [-0.3, -0.25) is 9.59 Å². The number of ketones is 1. The molecule has 4 rings (SSSR count). The Kier molecular flexibility index (Phi) is 7.42. The molecule has 0 saturated carbocycles. The minimum atomic E-state index is -0.819. The quantitative estimate of drug-likeness (QED) is 0.246. The van der Waals surface area contributed by atoms with E-state index in [2.05, 4.69) is 0 Å². The number of hydrogen-bond acceptors (Lipinski definition) is 5. The zero-order valence-electron chi connectivity index (χ0n) is 19.5. The van der Waals surface area contributed by atoms with Crippen molar-refractivity contribution in [2.24, 2.45) is 0 Å². The molecule has 1 saturated heterocycles. The van der Waals surface area contributed by atoms with Gasteiger partial charge in [-0.25, -0.2) is 0 Å². The Morgan fingerprint density at radius 1 is 0.914 bits per heavy atom. The van der Waals surface area contributed by atoms with Crippen LogP contribution in [-0.2, 0) is 16.1 Å². The molecule has 7 heteroatoms. The smallest absolute Gasteiger partial charge is 0.295 e. The summed E-state index contributed by atoms with van der Waals surface area (Å²) >= 11 is 6.00. The van der Waals surface area contributed by atoms with Crippen molar-refractivity contribution >= 4 is 29.1 Å². The molecule has 1 unspecified atom stereocenters. The minimum absolute atomic E-state index is 0.0138. The summed E-state index contributed by atoms with van der Waals surface area (Å²) in [5.74, 6) is -0.613. The molecular weight excluding hydrogens is 466 g/mol. The number of rotatable bonds is 8. The van der Waals surface area contributed by atoms with E-state index in [4.69, 9.17) is 21.1 Å². The summed E-state index contributed by atoms with van der Waals surface area (Å²) in [6.45, 7) is 4.82. The summed E-state index contributed by atoms with van der Waals surface area (Å²) in [6.07, 6.45) is 0. The van der Waals surface area contributed by atoms with Crippen LogP contribution in [-0.4, -0.2) is 34.9 Å². The van der Waals surface area contributed by atoms with Crippen molar-refractivity contribution < 1.29 is 24.2 Å². The molecule has 6 nitrogen and oxygen atoms in total. The number of hydrogen-bond donors (Lipinski definition) is 1. The number of aliphatic hydroxyl groups excluding tert-OH is 1. The first kappa shape index (κ1) is 24.4. The van der Waals surface area contributed by atoms with Crippen LogP contribution in [0.4, 0.5) is 0 Å². The predicted octanol–water partition coefficient (Wildman–Crippen LogP) is 5.76. The lowest BCUT2D eigenvalue weighted by atomic mass is 9.94. The number of benzene rings is 3. The van der Waals surface area contributed by atoms with Gasteiger partial charge in [0, 0.05) is 17.1 Å². The lowest BCUT2D eigenvalue weighted by Crippen LogP contribution is -2.29. The standard InChI is InChI=1S/C28H26ClNO5/c1-3-34-22-15-12-20(16-23(22)35-4-2)25-24(26(31)19-10-13-21(29)14-11-19)27(32)28(33)30(25)17-18-8-6-5-7-9-18/h5-16,25,31H,3-4,17H2,1-2H3. The largest absolute Gasteiger partial charge is 0.507 e. The van der Waals surface area contributed by atoms with Gasteiger partial charge in [-0.2, -0.15) is 0 Å². The fourth-order valence-corrected chi connectivity index (χ4v) is 4.30. The number of aliphatic hydroxyl groups is 1. The van der Waals surface area contributed by atoms with Crippen molar-refractivity contribution in [1.82, 2.24) is 4.90 Å². The monoisotopic (exact) mass is 491 g/mol. The van der Waals surface area contributed by atoms with Crippen molar-refractivity contribution in [3.8, 4) is 11.5 Å². The van der Waals surface area contributed by atoms with Gasteiger partial charge in [0.15, 0.2) is 11.5 Å². The minimum Gasteiger partial charge on any atom is -0.507 e. The maximum atomic E-state index is 13.3. The normalized spacial score (nSPS) is 17.0. The van der Waals surface area contributed by atoms with Crippen LogP contribution in [0.3, 0.4) is 0 Å². The van der Waals surface area contributed by atoms with E-state index in [0.29, 0.717) is 40.9 Å². The molecule has 0 aromatic heterocycles. The Hall–Kier alpha value is -3.77. The predicted molar refractivity (Wildman–Crippen MR) is 135 cm³/mol. The number of carbonyl (C=O) groups excluding carboxylic acids is 2. The van der Waals surface area contributed by atoms with Gasteiger partial charge in [-0.15, -0.1) is 0 Å². The number of carbonyl (C=O) groups is 2. The highest BCUT2D eigenvalue weighted by Gasteiger charge is 2.46. The third-order valence-electron chi connectivity index (χ3n) is 5.74. The van der Waals surface area contributed by atoms with Gasteiger partial charge in [0.1, 0.15) is 5.76 Å². The zero-order chi connectivity index (χ0) is 24.9. The molecule has 0 spiro atoms. The van der Waals surface area contributed by atoms with Crippen molar-refractivity contribution in [3.05, 3.63) is 100 Å². The highest BCUT2D eigenvalue weighted by molar-refractivity contribution is 6.46. The molecule has 35 heavy (non-hydrogen) atoms. The van der Waals surface area contributed by atoms with E-state index in [1.54, 1.807) is 42.5 Å². The van der Waals surface area contributed by atoms with Crippen molar-refractivity contribution in [1.29, 1.82) is 0 Å². The SMILES string of the molecule is CCOc1ccc(C2C(=C(O)c3ccc(Cl)cc3)C(=O)C(=O)N2Cc2ccccc2)cc1OCC. The van der Waals surface area contributed by atoms with Crippen LogP contribution in [0.15, 0.2) is 78.4 Å². The number of amides is 1. The van der Waals surface area contributed by atoms with Crippen molar-refractivity contribution in [3.63, 3.8) is 0 Å².